The summed E-state index contributed by atoms with van der Waals surface area (Å²) in [4.78, 5) is 0. The second-order valence-electron chi connectivity index (χ2n) is 10.4. The van der Waals surface area contributed by atoms with Crippen LogP contribution in [0.1, 0.15) is 95.4 Å². The number of allylic oxidation sites excluding steroid dienone is 4. The van der Waals surface area contributed by atoms with Crippen molar-refractivity contribution in [1.29, 1.82) is 0 Å². The Balaban J connectivity index is -0.000000164. The Morgan fingerprint density at radius 1 is 0.719 bits per heavy atom. The van der Waals surface area contributed by atoms with E-state index < -0.39 is 16.8 Å². The normalized spacial score (nSPS) is 14.8. The van der Waals surface area contributed by atoms with E-state index in [1.165, 1.54) is 16.7 Å². The molecule has 0 spiro atoms. The van der Waals surface area contributed by atoms with Gasteiger partial charge in [-0.2, -0.15) is 11.1 Å². The second-order valence-corrected chi connectivity index (χ2v) is 10.4. The molecule has 0 radical (unpaired) electrons. The predicted octanol–water partition coefficient (Wildman–Crippen LogP) is 5.21. The molecule has 0 aromatic carbocycles. The first-order valence-corrected chi connectivity index (χ1v) is 10.9. The standard InChI is InChI=1S/C10H15.3C6H11O.Ti/c1-7-6-10(4,5)9(3)8(7)2;3*1-4-5-6(2,3)7;/h1-5H3;3*4H,1,5H2,2-3H3;/q4*-1;+4. The van der Waals surface area contributed by atoms with E-state index >= 15 is 0 Å². The zero-order valence-electron chi connectivity index (χ0n) is 22.7. The molecule has 0 bridgehead atoms. The van der Waals surface area contributed by atoms with Gasteiger partial charge < -0.3 is 15.3 Å². The quantitative estimate of drug-likeness (QED) is 0.298. The van der Waals surface area contributed by atoms with Crippen LogP contribution < -0.4 is 15.3 Å². The van der Waals surface area contributed by atoms with Gasteiger partial charge in [0, 0.05) is 0 Å². The van der Waals surface area contributed by atoms with Crippen molar-refractivity contribution in [3.05, 3.63) is 60.8 Å². The van der Waals surface area contributed by atoms with Gasteiger partial charge in [0.2, 0.25) is 0 Å². The molecule has 1 rings (SSSR count). The van der Waals surface area contributed by atoms with Crippen LogP contribution in [0, 0.1) is 11.5 Å². The zero-order chi connectivity index (χ0) is 25.7. The monoisotopic (exact) mass is 480 g/mol. The van der Waals surface area contributed by atoms with Gasteiger partial charge in [0.1, 0.15) is 0 Å². The van der Waals surface area contributed by atoms with Gasteiger partial charge in [0.25, 0.3) is 0 Å². The van der Waals surface area contributed by atoms with E-state index in [4.69, 9.17) is 0 Å². The Labute approximate surface area is 215 Å². The van der Waals surface area contributed by atoms with Gasteiger partial charge in [0.15, 0.2) is 0 Å². The summed E-state index contributed by atoms with van der Waals surface area (Å²) in [6, 6.07) is 0. The molecular weight excluding hydrogens is 432 g/mol. The van der Waals surface area contributed by atoms with Crippen molar-refractivity contribution in [3.63, 3.8) is 0 Å². The first kappa shape index (κ1) is 38.6. The molecule has 0 atom stereocenters. The predicted molar refractivity (Wildman–Crippen MR) is 131 cm³/mol. The van der Waals surface area contributed by atoms with E-state index in [-0.39, 0.29) is 27.1 Å². The van der Waals surface area contributed by atoms with Gasteiger partial charge >= 0.3 is 21.7 Å². The van der Waals surface area contributed by atoms with Crippen LogP contribution >= 0.6 is 0 Å². The average molecular weight is 481 g/mol. The van der Waals surface area contributed by atoms with Gasteiger partial charge in [-0.15, -0.1) is 43.5 Å². The molecule has 0 saturated heterocycles. The zero-order valence-corrected chi connectivity index (χ0v) is 24.3. The molecule has 0 unspecified atom stereocenters. The number of hydrogen-bond acceptors (Lipinski definition) is 3. The van der Waals surface area contributed by atoms with Gasteiger partial charge in [-0.25, -0.2) is 5.57 Å². The van der Waals surface area contributed by atoms with Crippen LogP contribution in [-0.2, 0) is 21.7 Å². The maximum atomic E-state index is 10.6. The van der Waals surface area contributed by atoms with E-state index in [1.807, 2.05) is 0 Å². The van der Waals surface area contributed by atoms with Crippen LogP contribution in [0.2, 0.25) is 0 Å². The summed E-state index contributed by atoms with van der Waals surface area (Å²) in [5, 5.41) is 31.9. The SMILES string of the molecule is C=CCC(C)(C)[O-].C=CCC(C)(C)[O-].C=CCC(C)(C)[O-].CC1=[C-]C(C)(C)C(C)=C1C.[Ti+4]. The van der Waals surface area contributed by atoms with Crippen molar-refractivity contribution < 1.29 is 37.0 Å². The van der Waals surface area contributed by atoms with Crippen LogP contribution in [0.4, 0.5) is 0 Å². The molecule has 0 N–H and O–H groups in total. The third-order valence-corrected chi connectivity index (χ3v) is 4.47. The molecule has 0 aromatic rings. The number of hydrogen-bond donors (Lipinski definition) is 0. The number of rotatable bonds is 6. The summed E-state index contributed by atoms with van der Waals surface area (Å²) in [5.74, 6) is 0. The van der Waals surface area contributed by atoms with Gasteiger partial charge in [0.05, 0.1) is 0 Å². The largest absolute Gasteiger partial charge is 4.00 e. The van der Waals surface area contributed by atoms with Crippen molar-refractivity contribution in [2.75, 3.05) is 0 Å². The Morgan fingerprint density at radius 3 is 1.00 bits per heavy atom. The molecular formula is C28H48O3Ti. The van der Waals surface area contributed by atoms with Crippen LogP contribution in [0.3, 0.4) is 0 Å². The van der Waals surface area contributed by atoms with Crippen LogP contribution in [0.15, 0.2) is 54.7 Å². The molecule has 0 fully saturated rings. The molecule has 0 amide bonds. The van der Waals surface area contributed by atoms with Crippen LogP contribution in [0.25, 0.3) is 0 Å². The molecule has 4 heteroatoms. The summed E-state index contributed by atoms with van der Waals surface area (Å²) in [6.45, 7) is 31.1. The first-order chi connectivity index (χ1) is 13.6. The molecule has 0 heterocycles. The van der Waals surface area contributed by atoms with Crippen molar-refractivity contribution in [3.8, 4) is 0 Å². The minimum atomic E-state index is -0.818. The van der Waals surface area contributed by atoms with E-state index in [2.05, 4.69) is 60.4 Å². The van der Waals surface area contributed by atoms with Crippen molar-refractivity contribution in [1.82, 2.24) is 0 Å². The molecule has 3 nitrogen and oxygen atoms in total. The molecule has 0 aromatic heterocycles. The average Bonchev–Trinajstić information content (AvgIpc) is 2.67. The fraction of sp³-hybridized carbons (Fsp3) is 0.643. The Morgan fingerprint density at radius 2 is 0.969 bits per heavy atom. The maximum Gasteiger partial charge on any atom is 4.00 e. The van der Waals surface area contributed by atoms with E-state index in [1.54, 1.807) is 59.8 Å². The molecule has 1 aliphatic rings. The second kappa shape index (κ2) is 16.8. The smallest absolute Gasteiger partial charge is 0.850 e. The van der Waals surface area contributed by atoms with Crippen molar-refractivity contribution in [2.24, 2.45) is 5.41 Å². The van der Waals surface area contributed by atoms with Gasteiger partial charge in [-0.05, 0) is 19.3 Å². The summed E-state index contributed by atoms with van der Waals surface area (Å²) < 4.78 is 0. The Kier molecular flexibility index (Phi) is 20.3. The summed E-state index contributed by atoms with van der Waals surface area (Å²) in [7, 11) is 0. The fourth-order valence-corrected chi connectivity index (χ4v) is 2.45. The summed E-state index contributed by atoms with van der Waals surface area (Å²) in [5.41, 5.74) is 1.94. The minimum Gasteiger partial charge on any atom is -0.850 e. The molecule has 0 aliphatic heterocycles. The third-order valence-electron chi connectivity index (χ3n) is 4.47. The van der Waals surface area contributed by atoms with Crippen LogP contribution in [0.5, 0.6) is 0 Å². The third kappa shape index (κ3) is 25.6. The van der Waals surface area contributed by atoms with E-state index in [9.17, 15) is 15.3 Å². The Hall–Kier alpha value is -0.706. The summed E-state index contributed by atoms with van der Waals surface area (Å²) >= 11 is 0. The van der Waals surface area contributed by atoms with Gasteiger partial charge in [-0.1, -0.05) is 92.9 Å². The minimum absolute atomic E-state index is 0. The summed E-state index contributed by atoms with van der Waals surface area (Å²) in [6.07, 6.45) is 10.0. The fourth-order valence-electron chi connectivity index (χ4n) is 2.45. The van der Waals surface area contributed by atoms with Crippen molar-refractivity contribution in [2.45, 2.75) is 112 Å². The van der Waals surface area contributed by atoms with E-state index in [0.29, 0.717) is 19.3 Å². The van der Waals surface area contributed by atoms with Gasteiger partial charge in [-0.3, -0.25) is 6.08 Å². The molecule has 32 heavy (non-hydrogen) atoms. The molecule has 182 valence electrons. The van der Waals surface area contributed by atoms with Crippen molar-refractivity contribution >= 4 is 0 Å². The molecule has 0 saturated carbocycles. The first-order valence-electron chi connectivity index (χ1n) is 10.9. The molecule has 1 aliphatic carbocycles. The van der Waals surface area contributed by atoms with Crippen LogP contribution in [-0.4, -0.2) is 16.8 Å². The Bertz CT molecular complexity index is 557. The maximum absolute atomic E-state index is 10.6. The van der Waals surface area contributed by atoms with E-state index in [0.717, 1.165) is 0 Å². The topological polar surface area (TPSA) is 69.2 Å².